The summed E-state index contributed by atoms with van der Waals surface area (Å²) in [5.74, 6) is -0.735. The van der Waals surface area contributed by atoms with Crippen LogP contribution in [0.1, 0.15) is 42.8 Å². The number of furan rings is 1. The molecule has 2 unspecified atom stereocenters. The van der Waals surface area contributed by atoms with Crippen LogP contribution in [0.5, 0.6) is 0 Å². The summed E-state index contributed by atoms with van der Waals surface area (Å²) in [7, 11) is 0. The van der Waals surface area contributed by atoms with Crippen molar-refractivity contribution in [1.82, 2.24) is 10.6 Å². The highest BCUT2D eigenvalue weighted by molar-refractivity contribution is 6.01. The number of aryl methyl sites for hydroxylation is 1. The quantitative estimate of drug-likeness (QED) is 0.711. The fourth-order valence-electron chi connectivity index (χ4n) is 3.45. The first-order chi connectivity index (χ1) is 14.4. The summed E-state index contributed by atoms with van der Waals surface area (Å²) in [4.78, 5) is 38.1. The van der Waals surface area contributed by atoms with Crippen LogP contribution in [-0.2, 0) is 14.3 Å². The summed E-state index contributed by atoms with van der Waals surface area (Å²) in [6.45, 7) is 6.18. The number of amides is 2. The molecule has 1 aromatic heterocycles. The molecule has 2 N–H and O–H groups in total. The van der Waals surface area contributed by atoms with Crippen LogP contribution in [0.25, 0.3) is 11.0 Å². The zero-order valence-corrected chi connectivity index (χ0v) is 17.6. The van der Waals surface area contributed by atoms with Crippen molar-refractivity contribution >= 4 is 28.6 Å². The normalized spacial score (nSPS) is 19.2. The van der Waals surface area contributed by atoms with E-state index in [2.05, 4.69) is 10.6 Å². The number of Topliss-reactive ketones (excluding diaryl/α,β-unsaturated/α-hetero) is 1. The number of nitrogens with one attached hydrogen (secondary N) is 2. The van der Waals surface area contributed by atoms with E-state index in [-0.39, 0.29) is 24.1 Å². The first kappa shape index (κ1) is 21.8. The Kier molecular flexibility index (Phi) is 7.05. The Balaban J connectivity index is 1.76. The third-order valence-corrected chi connectivity index (χ3v) is 5.03. The molecule has 160 valence electrons. The monoisotopic (exact) mass is 412 g/mol. The van der Waals surface area contributed by atoms with Crippen LogP contribution in [0.2, 0.25) is 0 Å². The van der Waals surface area contributed by atoms with Crippen molar-refractivity contribution in [2.24, 2.45) is 5.92 Å². The Morgan fingerprint density at radius 3 is 2.73 bits per heavy atom. The molecule has 2 atom stereocenters. The van der Waals surface area contributed by atoms with E-state index in [4.69, 9.17) is 9.15 Å². The Morgan fingerprint density at radius 2 is 2.00 bits per heavy atom. The van der Waals surface area contributed by atoms with Gasteiger partial charge in [-0.1, -0.05) is 44.2 Å². The lowest BCUT2D eigenvalue weighted by molar-refractivity contribution is -0.130. The van der Waals surface area contributed by atoms with Gasteiger partial charge < -0.3 is 19.8 Å². The molecule has 0 fully saturated rings. The maximum atomic E-state index is 12.9. The number of fused-ring (bicyclic) bond motifs is 1. The van der Waals surface area contributed by atoms with E-state index in [9.17, 15) is 14.4 Å². The third kappa shape index (κ3) is 5.16. The second-order valence-electron chi connectivity index (χ2n) is 7.93. The SMILES string of the molecule is Cc1c(C(=O)NC(CC(C)C)C(=O)NC2/C=C\CCOCC2=O)oc2ccccc12. The number of hydrogen-bond donors (Lipinski definition) is 2. The molecule has 0 bridgehead atoms. The lowest BCUT2D eigenvalue weighted by Crippen LogP contribution is -2.52. The molecule has 7 heteroatoms. The Morgan fingerprint density at radius 1 is 1.23 bits per heavy atom. The van der Waals surface area contributed by atoms with Crippen LogP contribution in [0.3, 0.4) is 0 Å². The van der Waals surface area contributed by atoms with Gasteiger partial charge >= 0.3 is 0 Å². The Labute approximate surface area is 175 Å². The van der Waals surface area contributed by atoms with Crippen molar-refractivity contribution in [2.45, 2.75) is 45.7 Å². The molecule has 0 radical (unpaired) electrons. The second kappa shape index (κ2) is 9.71. The molecule has 0 saturated carbocycles. The van der Waals surface area contributed by atoms with Gasteiger partial charge in [0.1, 0.15) is 24.3 Å². The summed E-state index contributed by atoms with van der Waals surface area (Å²) < 4.78 is 11.0. The van der Waals surface area contributed by atoms with Crippen LogP contribution in [0.15, 0.2) is 40.8 Å². The van der Waals surface area contributed by atoms with E-state index < -0.39 is 23.9 Å². The Hall–Kier alpha value is -2.93. The van der Waals surface area contributed by atoms with Crippen LogP contribution < -0.4 is 10.6 Å². The van der Waals surface area contributed by atoms with Crippen molar-refractivity contribution < 1.29 is 23.5 Å². The van der Waals surface area contributed by atoms with Crippen molar-refractivity contribution in [3.63, 3.8) is 0 Å². The molecule has 1 aromatic carbocycles. The number of benzene rings is 1. The molecule has 0 spiro atoms. The minimum absolute atomic E-state index is 0.0470. The number of hydrogen-bond acceptors (Lipinski definition) is 5. The zero-order chi connectivity index (χ0) is 21.7. The predicted molar refractivity (Wildman–Crippen MR) is 113 cm³/mol. The van der Waals surface area contributed by atoms with Gasteiger partial charge in [-0.15, -0.1) is 0 Å². The maximum Gasteiger partial charge on any atom is 0.287 e. The highest BCUT2D eigenvalue weighted by Gasteiger charge is 2.28. The lowest BCUT2D eigenvalue weighted by Gasteiger charge is -2.23. The van der Waals surface area contributed by atoms with Crippen molar-refractivity contribution in [2.75, 3.05) is 13.2 Å². The number of ether oxygens (including phenoxy) is 1. The van der Waals surface area contributed by atoms with Gasteiger partial charge in [0.15, 0.2) is 11.5 Å². The summed E-state index contributed by atoms with van der Waals surface area (Å²) in [6.07, 6.45) is 4.60. The molecule has 2 heterocycles. The smallest absolute Gasteiger partial charge is 0.287 e. The molecular weight excluding hydrogens is 384 g/mol. The number of rotatable bonds is 6. The molecule has 0 saturated heterocycles. The number of carbonyl (C=O) groups is 3. The van der Waals surface area contributed by atoms with Gasteiger partial charge in [0.25, 0.3) is 5.91 Å². The molecular formula is C23H28N2O5. The van der Waals surface area contributed by atoms with E-state index >= 15 is 0 Å². The van der Waals surface area contributed by atoms with Crippen molar-refractivity contribution in [3.05, 3.63) is 47.7 Å². The molecule has 7 nitrogen and oxygen atoms in total. The molecule has 30 heavy (non-hydrogen) atoms. The topological polar surface area (TPSA) is 97.6 Å². The molecule has 2 amide bonds. The van der Waals surface area contributed by atoms with Crippen LogP contribution in [-0.4, -0.2) is 42.9 Å². The van der Waals surface area contributed by atoms with E-state index in [0.29, 0.717) is 25.0 Å². The number of ketones is 1. The van der Waals surface area contributed by atoms with E-state index in [1.165, 1.54) is 0 Å². The highest BCUT2D eigenvalue weighted by Crippen LogP contribution is 2.25. The van der Waals surface area contributed by atoms with E-state index in [0.717, 1.165) is 10.9 Å². The third-order valence-electron chi connectivity index (χ3n) is 5.03. The van der Waals surface area contributed by atoms with Gasteiger partial charge in [0.05, 0.1) is 6.61 Å². The fourth-order valence-corrected chi connectivity index (χ4v) is 3.45. The van der Waals surface area contributed by atoms with E-state index in [1.807, 2.05) is 45.0 Å². The minimum Gasteiger partial charge on any atom is -0.451 e. The summed E-state index contributed by atoms with van der Waals surface area (Å²) >= 11 is 0. The fraction of sp³-hybridized carbons (Fsp3) is 0.435. The van der Waals surface area contributed by atoms with Crippen LogP contribution >= 0.6 is 0 Å². The van der Waals surface area contributed by atoms with Crippen LogP contribution in [0, 0.1) is 12.8 Å². The molecule has 2 aromatic rings. The molecule has 1 aliphatic heterocycles. The zero-order valence-electron chi connectivity index (χ0n) is 17.6. The van der Waals surface area contributed by atoms with Gasteiger partial charge in [0, 0.05) is 10.9 Å². The maximum absolute atomic E-state index is 12.9. The predicted octanol–water partition coefficient (Wildman–Crippen LogP) is 2.92. The summed E-state index contributed by atoms with van der Waals surface area (Å²) in [5.41, 5.74) is 1.34. The van der Waals surface area contributed by atoms with Gasteiger partial charge in [-0.05, 0) is 31.7 Å². The molecule has 1 aliphatic rings. The van der Waals surface area contributed by atoms with Crippen LogP contribution in [0.4, 0.5) is 0 Å². The van der Waals surface area contributed by atoms with Gasteiger partial charge in [-0.2, -0.15) is 0 Å². The standard InChI is InChI=1S/C23H28N2O5/c1-14(2)12-18(22(27)24-17-9-6-7-11-29-13-19(17)26)25-23(28)21-15(3)16-8-4-5-10-20(16)30-21/h4-6,8-10,14,17-18H,7,11-13H2,1-3H3,(H,24,27)(H,25,28)/b9-6-. The summed E-state index contributed by atoms with van der Waals surface area (Å²) in [5, 5.41) is 6.39. The number of para-hydroxylation sites is 1. The molecule has 3 rings (SSSR count). The number of carbonyl (C=O) groups excluding carboxylic acids is 3. The average molecular weight is 412 g/mol. The van der Waals surface area contributed by atoms with Gasteiger partial charge in [0.2, 0.25) is 5.91 Å². The second-order valence-corrected chi connectivity index (χ2v) is 7.93. The first-order valence-electron chi connectivity index (χ1n) is 10.2. The van der Waals surface area contributed by atoms with Crippen molar-refractivity contribution in [3.8, 4) is 0 Å². The lowest BCUT2D eigenvalue weighted by atomic mass is 10.0. The molecule has 0 aliphatic carbocycles. The first-order valence-corrected chi connectivity index (χ1v) is 10.2. The van der Waals surface area contributed by atoms with Crippen molar-refractivity contribution in [1.29, 1.82) is 0 Å². The minimum atomic E-state index is -0.794. The van der Waals surface area contributed by atoms with Gasteiger partial charge in [-0.25, -0.2) is 0 Å². The van der Waals surface area contributed by atoms with Gasteiger partial charge in [-0.3, -0.25) is 14.4 Å². The largest absolute Gasteiger partial charge is 0.451 e. The summed E-state index contributed by atoms with van der Waals surface area (Å²) in [6, 6.07) is 5.84. The highest BCUT2D eigenvalue weighted by atomic mass is 16.5. The van der Waals surface area contributed by atoms with E-state index in [1.54, 1.807) is 12.1 Å². The average Bonchev–Trinajstić information content (AvgIpc) is 3.04. The Bertz CT molecular complexity index is 960.